The van der Waals surface area contributed by atoms with Crippen molar-refractivity contribution in [3.8, 4) is 5.75 Å². The molecule has 156 valence electrons. The highest BCUT2D eigenvalue weighted by Crippen LogP contribution is 2.13. The summed E-state index contributed by atoms with van der Waals surface area (Å²) < 4.78 is 10.2. The van der Waals surface area contributed by atoms with Crippen LogP contribution in [0.1, 0.15) is 51.0 Å². The van der Waals surface area contributed by atoms with Crippen LogP contribution in [0.2, 0.25) is 0 Å². The monoisotopic (exact) mass is 393 g/mol. The number of ketones is 1. The Morgan fingerprint density at radius 2 is 1.82 bits per heavy atom. The zero-order valence-corrected chi connectivity index (χ0v) is 16.7. The van der Waals surface area contributed by atoms with E-state index < -0.39 is 24.3 Å². The lowest BCUT2D eigenvalue weighted by Crippen LogP contribution is -2.42. The molecule has 28 heavy (non-hydrogen) atoms. The molecule has 7 nitrogen and oxygen atoms in total. The fourth-order valence-corrected chi connectivity index (χ4v) is 2.72. The number of hydrogen-bond donors (Lipinski definition) is 2. The minimum Gasteiger partial charge on any atom is -0.497 e. The summed E-state index contributed by atoms with van der Waals surface area (Å²) in [7, 11) is 1.62. The maximum Gasteiger partial charge on any atom is 0.329 e. The van der Waals surface area contributed by atoms with Gasteiger partial charge in [0.15, 0.2) is 0 Å². The molecule has 0 fully saturated rings. The van der Waals surface area contributed by atoms with Gasteiger partial charge in [-0.1, -0.05) is 31.9 Å². The van der Waals surface area contributed by atoms with E-state index in [1.807, 2.05) is 31.2 Å². The van der Waals surface area contributed by atoms with Crippen molar-refractivity contribution >= 4 is 17.7 Å². The second kappa shape index (κ2) is 13.7. The molecule has 7 heteroatoms. The summed E-state index contributed by atoms with van der Waals surface area (Å²) in [5.74, 6) is -1.33. The van der Waals surface area contributed by atoms with Gasteiger partial charge in [-0.3, -0.25) is 9.59 Å². The molecule has 1 aromatic carbocycles. The number of carbonyl (C=O) groups is 3. The first-order chi connectivity index (χ1) is 13.5. The number of rotatable bonds is 15. The normalized spacial score (nSPS) is 11.6. The van der Waals surface area contributed by atoms with Crippen molar-refractivity contribution in [2.45, 2.75) is 57.9 Å². The van der Waals surface area contributed by atoms with E-state index in [4.69, 9.17) is 14.6 Å². The summed E-state index contributed by atoms with van der Waals surface area (Å²) >= 11 is 0. The highest BCUT2D eigenvalue weighted by atomic mass is 16.5. The van der Waals surface area contributed by atoms with E-state index >= 15 is 0 Å². The zero-order chi connectivity index (χ0) is 20.8. The van der Waals surface area contributed by atoms with E-state index in [2.05, 4.69) is 5.32 Å². The molecule has 0 radical (unpaired) electrons. The van der Waals surface area contributed by atoms with Gasteiger partial charge in [0.2, 0.25) is 5.78 Å². The lowest BCUT2D eigenvalue weighted by Gasteiger charge is -2.17. The van der Waals surface area contributed by atoms with Crippen molar-refractivity contribution in [3.05, 3.63) is 29.8 Å². The van der Waals surface area contributed by atoms with Gasteiger partial charge in [-0.05, 0) is 43.4 Å². The number of benzene rings is 1. The van der Waals surface area contributed by atoms with E-state index in [9.17, 15) is 14.4 Å². The Kier molecular flexibility index (Phi) is 11.6. The summed E-state index contributed by atoms with van der Waals surface area (Å²) in [5.41, 5.74) is 1.16. The number of methoxy groups -OCH3 is 1. The van der Waals surface area contributed by atoms with Crippen LogP contribution < -0.4 is 10.1 Å². The molecule has 0 saturated heterocycles. The Labute approximate surface area is 166 Å². The number of nitrogens with one attached hydrogen (secondary N) is 1. The molecule has 0 spiro atoms. The minimum atomic E-state index is -1.06. The quantitative estimate of drug-likeness (QED) is 0.351. The minimum absolute atomic E-state index is 0.0861. The van der Waals surface area contributed by atoms with Crippen LogP contribution in [0.4, 0.5) is 0 Å². The van der Waals surface area contributed by atoms with E-state index in [-0.39, 0.29) is 19.1 Å². The Balaban J connectivity index is 2.33. The van der Waals surface area contributed by atoms with Crippen molar-refractivity contribution in [1.29, 1.82) is 0 Å². The third kappa shape index (κ3) is 10.1. The van der Waals surface area contributed by atoms with Gasteiger partial charge in [0.05, 0.1) is 19.8 Å². The number of carbonyl (C=O) groups excluding carboxylic acids is 2. The molecule has 0 aliphatic carbocycles. The van der Waals surface area contributed by atoms with Crippen molar-refractivity contribution in [2.75, 3.05) is 20.3 Å². The van der Waals surface area contributed by atoms with Crippen LogP contribution in [0.25, 0.3) is 0 Å². The Morgan fingerprint density at radius 1 is 1.11 bits per heavy atom. The van der Waals surface area contributed by atoms with Gasteiger partial charge >= 0.3 is 5.97 Å². The Morgan fingerprint density at radius 3 is 2.43 bits per heavy atom. The second-order valence-corrected chi connectivity index (χ2v) is 6.70. The van der Waals surface area contributed by atoms with Crippen molar-refractivity contribution in [1.82, 2.24) is 5.32 Å². The van der Waals surface area contributed by atoms with Crippen molar-refractivity contribution < 1.29 is 29.0 Å². The fraction of sp³-hybridized carbons (Fsp3) is 0.571. The highest BCUT2D eigenvalue weighted by molar-refractivity contribution is 6.36. The SMILES string of the molecule is CCCC[C@@H](COCC(=O)O)NC(=O)C(=O)CCCCc1ccc(OC)cc1. The summed E-state index contributed by atoms with van der Waals surface area (Å²) in [6.45, 7) is 1.69. The molecule has 1 rings (SSSR count). The number of unbranched alkanes of at least 4 members (excludes halogenated alkanes) is 2. The van der Waals surface area contributed by atoms with Gasteiger partial charge in [-0.2, -0.15) is 0 Å². The van der Waals surface area contributed by atoms with Crippen LogP contribution in [-0.2, 0) is 25.5 Å². The molecule has 0 aromatic heterocycles. The van der Waals surface area contributed by atoms with Crippen LogP contribution >= 0.6 is 0 Å². The third-order valence-electron chi connectivity index (χ3n) is 4.32. The molecular weight excluding hydrogens is 362 g/mol. The van der Waals surface area contributed by atoms with Gasteiger partial charge in [-0.15, -0.1) is 0 Å². The van der Waals surface area contributed by atoms with Gasteiger partial charge in [0.25, 0.3) is 5.91 Å². The van der Waals surface area contributed by atoms with Gasteiger partial charge in [-0.25, -0.2) is 4.79 Å². The molecule has 0 bridgehead atoms. The number of hydrogen-bond acceptors (Lipinski definition) is 5. The lowest BCUT2D eigenvalue weighted by atomic mass is 10.0. The maximum atomic E-state index is 12.1. The van der Waals surface area contributed by atoms with Gasteiger partial charge < -0.3 is 19.9 Å². The summed E-state index contributed by atoms with van der Waals surface area (Å²) in [5, 5.41) is 11.3. The molecular formula is C21H31NO6. The van der Waals surface area contributed by atoms with Crippen LogP contribution in [0.5, 0.6) is 5.75 Å². The van der Waals surface area contributed by atoms with Crippen LogP contribution in [0.15, 0.2) is 24.3 Å². The number of aliphatic carboxylic acids is 1. The maximum absolute atomic E-state index is 12.1. The lowest BCUT2D eigenvalue weighted by molar-refractivity contribution is -0.143. The summed E-state index contributed by atoms with van der Waals surface area (Å²) in [4.78, 5) is 34.7. The molecule has 0 unspecified atom stereocenters. The third-order valence-corrected chi connectivity index (χ3v) is 4.32. The van der Waals surface area contributed by atoms with Gasteiger partial charge in [0, 0.05) is 6.42 Å². The first-order valence-corrected chi connectivity index (χ1v) is 9.72. The highest BCUT2D eigenvalue weighted by Gasteiger charge is 2.18. The first-order valence-electron chi connectivity index (χ1n) is 9.72. The van der Waals surface area contributed by atoms with Crippen LogP contribution in [0.3, 0.4) is 0 Å². The van der Waals surface area contributed by atoms with E-state index in [0.29, 0.717) is 12.8 Å². The van der Waals surface area contributed by atoms with Crippen molar-refractivity contribution in [3.63, 3.8) is 0 Å². The molecule has 0 heterocycles. The van der Waals surface area contributed by atoms with Gasteiger partial charge in [0.1, 0.15) is 12.4 Å². The fourth-order valence-electron chi connectivity index (χ4n) is 2.72. The number of carboxylic acids is 1. The van der Waals surface area contributed by atoms with Crippen LogP contribution in [0, 0.1) is 0 Å². The standard InChI is InChI=1S/C21H31NO6/c1-3-4-8-17(14-28-15-20(24)25)22-21(26)19(23)9-6-5-7-16-10-12-18(27-2)13-11-16/h10-13,17H,3-9,14-15H2,1-2H3,(H,22,26)(H,24,25)/t17-/m0/s1. The Hall–Kier alpha value is -2.41. The average Bonchev–Trinajstić information content (AvgIpc) is 2.69. The number of aryl methyl sites for hydroxylation is 1. The molecule has 0 aliphatic rings. The van der Waals surface area contributed by atoms with Crippen molar-refractivity contribution in [2.24, 2.45) is 0 Å². The number of ether oxygens (including phenoxy) is 2. The predicted octanol–water partition coefficient (Wildman–Crippen LogP) is 2.75. The molecule has 1 aromatic rings. The molecule has 2 N–H and O–H groups in total. The van der Waals surface area contributed by atoms with E-state index in [1.165, 1.54) is 0 Å². The van der Waals surface area contributed by atoms with E-state index in [1.54, 1.807) is 7.11 Å². The second-order valence-electron chi connectivity index (χ2n) is 6.70. The summed E-state index contributed by atoms with van der Waals surface area (Å²) in [6.07, 6.45) is 4.91. The predicted molar refractivity (Wildman–Crippen MR) is 105 cm³/mol. The number of Topliss-reactive ketones (excluding diaryl/α,β-unsaturated/α-hetero) is 1. The first kappa shape index (κ1) is 23.6. The molecule has 1 atom stereocenters. The van der Waals surface area contributed by atoms with Crippen LogP contribution in [-0.4, -0.2) is 49.1 Å². The molecule has 0 saturated carbocycles. The largest absolute Gasteiger partial charge is 0.497 e. The Bertz CT molecular complexity index is 614. The molecule has 0 aliphatic heterocycles. The number of amides is 1. The smallest absolute Gasteiger partial charge is 0.329 e. The number of carboxylic acid groups (broad SMARTS) is 1. The summed E-state index contributed by atoms with van der Waals surface area (Å²) in [6, 6.07) is 7.43. The zero-order valence-electron chi connectivity index (χ0n) is 16.7. The molecule has 1 amide bonds. The average molecular weight is 393 g/mol. The topological polar surface area (TPSA) is 102 Å². The van der Waals surface area contributed by atoms with E-state index in [0.717, 1.165) is 37.0 Å².